The quantitative estimate of drug-likeness (QED) is 0.783. The number of nitrogens with two attached hydrogens (primary N) is 1. The molecule has 0 spiro atoms. The second-order valence-electron chi connectivity index (χ2n) is 4.84. The number of nitrogens with zero attached hydrogens (tertiary/aromatic N) is 1. The Morgan fingerprint density at radius 1 is 1.33 bits per heavy atom. The molecule has 6 heteroatoms. The molecule has 0 radical (unpaired) electrons. The van der Waals surface area contributed by atoms with E-state index in [0.29, 0.717) is 17.7 Å². The molecule has 1 aliphatic heterocycles. The molecule has 3 N–H and O–H groups in total. The highest BCUT2D eigenvalue weighted by atomic mass is 32.2. The van der Waals surface area contributed by atoms with Gasteiger partial charge in [0.2, 0.25) is 10.0 Å². The highest BCUT2D eigenvalue weighted by molar-refractivity contribution is 7.88. The van der Waals surface area contributed by atoms with Gasteiger partial charge in [-0.2, -0.15) is 4.31 Å². The van der Waals surface area contributed by atoms with Crippen LogP contribution >= 0.6 is 0 Å². The van der Waals surface area contributed by atoms with Crippen LogP contribution in [0.15, 0.2) is 24.3 Å². The third kappa shape index (κ3) is 2.66. The molecule has 5 nitrogen and oxygen atoms in total. The van der Waals surface area contributed by atoms with Gasteiger partial charge in [0.15, 0.2) is 0 Å². The fraction of sp³-hybridized carbons (Fsp3) is 0.500. The molecule has 100 valence electrons. The van der Waals surface area contributed by atoms with Crippen molar-refractivity contribution in [1.29, 1.82) is 0 Å². The number of β-amino-alcohol motifs (C(OH)–C–C–N with tert-alkyl or cyclic N) is 1. The molecular weight excluding hydrogens is 252 g/mol. The predicted octanol–water partition coefficient (Wildman–Crippen LogP) is 0.555. The fourth-order valence-electron chi connectivity index (χ4n) is 1.95. The zero-order valence-electron chi connectivity index (χ0n) is 10.3. The Balaban J connectivity index is 2.03. The molecule has 0 aliphatic carbocycles. The van der Waals surface area contributed by atoms with Gasteiger partial charge >= 0.3 is 0 Å². The Kier molecular flexibility index (Phi) is 3.35. The van der Waals surface area contributed by atoms with Crippen molar-refractivity contribution in [3.63, 3.8) is 0 Å². The van der Waals surface area contributed by atoms with E-state index in [1.807, 2.05) is 6.92 Å². The largest absolute Gasteiger partial charge is 0.399 e. The third-order valence-corrected chi connectivity index (χ3v) is 5.06. The molecule has 0 bridgehead atoms. The molecule has 18 heavy (non-hydrogen) atoms. The standard InChI is InChI=1S/C12H18N2O3S/c1-2-12(15)8-14(9-12)18(16,17)7-10-3-5-11(13)6-4-10/h3-6,15H,2,7-9,13H2,1H3. The van der Waals surface area contributed by atoms with Gasteiger partial charge in [-0.15, -0.1) is 0 Å². The van der Waals surface area contributed by atoms with Crippen molar-refractivity contribution in [2.24, 2.45) is 0 Å². The van der Waals surface area contributed by atoms with Gasteiger partial charge in [0.05, 0.1) is 11.4 Å². The summed E-state index contributed by atoms with van der Waals surface area (Å²) in [4.78, 5) is 0. The van der Waals surface area contributed by atoms with Crippen molar-refractivity contribution in [1.82, 2.24) is 4.31 Å². The summed E-state index contributed by atoms with van der Waals surface area (Å²) in [6, 6.07) is 6.78. The molecule has 1 aromatic carbocycles. The van der Waals surface area contributed by atoms with E-state index in [1.54, 1.807) is 24.3 Å². The number of hydrogen-bond donors (Lipinski definition) is 2. The topological polar surface area (TPSA) is 83.6 Å². The van der Waals surface area contributed by atoms with Crippen LogP contribution in [-0.4, -0.2) is 36.5 Å². The lowest BCUT2D eigenvalue weighted by Gasteiger charge is -2.44. The number of rotatable bonds is 4. The molecule has 2 rings (SSSR count). The van der Waals surface area contributed by atoms with Crippen molar-refractivity contribution in [3.05, 3.63) is 29.8 Å². The normalized spacial score (nSPS) is 19.4. The number of sulfonamides is 1. The van der Waals surface area contributed by atoms with Gasteiger partial charge in [-0.3, -0.25) is 0 Å². The zero-order chi connectivity index (χ0) is 13.4. The molecule has 1 heterocycles. The first-order chi connectivity index (χ1) is 8.35. The molecule has 1 saturated heterocycles. The van der Waals surface area contributed by atoms with Crippen molar-refractivity contribution in [2.75, 3.05) is 18.8 Å². The van der Waals surface area contributed by atoms with E-state index in [0.717, 1.165) is 0 Å². The van der Waals surface area contributed by atoms with Crippen LogP contribution in [0.3, 0.4) is 0 Å². The van der Waals surface area contributed by atoms with Crippen molar-refractivity contribution >= 4 is 15.7 Å². The number of benzene rings is 1. The molecule has 1 fully saturated rings. The number of nitrogen functional groups attached to an aromatic ring is 1. The lowest BCUT2D eigenvalue weighted by Crippen LogP contribution is -2.63. The predicted molar refractivity (Wildman–Crippen MR) is 70.3 cm³/mol. The van der Waals surface area contributed by atoms with Crippen molar-refractivity contribution in [2.45, 2.75) is 24.7 Å². The second kappa shape index (κ2) is 4.53. The Labute approximate surface area is 107 Å². The lowest BCUT2D eigenvalue weighted by atomic mass is 9.94. The van der Waals surface area contributed by atoms with Crippen LogP contribution in [0.4, 0.5) is 5.69 Å². The van der Waals surface area contributed by atoms with Gasteiger partial charge < -0.3 is 10.8 Å². The summed E-state index contributed by atoms with van der Waals surface area (Å²) in [5, 5.41) is 9.83. The summed E-state index contributed by atoms with van der Waals surface area (Å²) in [5.41, 5.74) is 6.03. The van der Waals surface area contributed by atoms with Crippen LogP contribution in [0.2, 0.25) is 0 Å². The minimum Gasteiger partial charge on any atom is -0.399 e. The molecular formula is C12H18N2O3S. The summed E-state index contributed by atoms with van der Waals surface area (Å²) in [7, 11) is -3.34. The van der Waals surface area contributed by atoms with E-state index in [9.17, 15) is 13.5 Å². The fourth-order valence-corrected chi connectivity index (χ4v) is 3.62. The van der Waals surface area contributed by atoms with Gasteiger partial charge in [0.1, 0.15) is 0 Å². The summed E-state index contributed by atoms with van der Waals surface area (Å²) >= 11 is 0. The minimum atomic E-state index is -3.34. The molecule has 1 aromatic rings. The highest BCUT2D eigenvalue weighted by Gasteiger charge is 2.45. The van der Waals surface area contributed by atoms with Crippen LogP contribution in [0.25, 0.3) is 0 Å². The van der Waals surface area contributed by atoms with E-state index in [4.69, 9.17) is 5.73 Å². The van der Waals surface area contributed by atoms with Crippen molar-refractivity contribution < 1.29 is 13.5 Å². The zero-order valence-corrected chi connectivity index (χ0v) is 11.2. The second-order valence-corrected chi connectivity index (χ2v) is 6.81. The maximum atomic E-state index is 12.1. The first-order valence-corrected chi connectivity index (χ1v) is 7.50. The van der Waals surface area contributed by atoms with Crippen molar-refractivity contribution in [3.8, 4) is 0 Å². The highest BCUT2D eigenvalue weighted by Crippen LogP contribution is 2.28. The van der Waals surface area contributed by atoms with Crippen LogP contribution in [0, 0.1) is 0 Å². The smallest absolute Gasteiger partial charge is 0.218 e. The Morgan fingerprint density at radius 3 is 2.39 bits per heavy atom. The van der Waals surface area contributed by atoms with Gasteiger partial charge in [0.25, 0.3) is 0 Å². The van der Waals surface area contributed by atoms with Crippen LogP contribution < -0.4 is 5.73 Å². The molecule has 0 unspecified atom stereocenters. The minimum absolute atomic E-state index is 0.0485. The number of anilines is 1. The summed E-state index contributed by atoms with van der Waals surface area (Å²) < 4.78 is 25.4. The van der Waals surface area contributed by atoms with E-state index >= 15 is 0 Å². The maximum Gasteiger partial charge on any atom is 0.218 e. The Bertz CT molecular complexity index is 519. The van der Waals surface area contributed by atoms with Gasteiger partial charge in [0, 0.05) is 18.8 Å². The average Bonchev–Trinajstić information content (AvgIpc) is 2.27. The number of hydrogen-bond acceptors (Lipinski definition) is 4. The molecule has 0 amide bonds. The molecule has 0 aromatic heterocycles. The molecule has 1 aliphatic rings. The molecule has 0 atom stereocenters. The summed E-state index contributed by atoms with van der Waals surface area (Å²) in [6.45, 7) is 2.24. The van der Waals surface area contributed by atoms with E-state index in [1.165, 1.54) is 4.31 Å². The lowest BCUT2D eigenvalue weighted by molar-refractivity contribution is -0.0614. The maximum absolute atomic E-state index is 12.1. The van der Waals surface area contributed by atoms with Crippen LogP contribution in [0.1, 0.15) is 18.9 Å². The van der Waals surface area contributed by atoms with E-state index in [2.05, 4.69) is 0 Å². The van der Waals surface area contributed by atoms with Crippen LogP contribution in [0.5, 0.6) is 0 Å². The van der Waals surface area contributed by atoms with E-state index < -0.39 is 15.6 Å². The number of aliphatic hydroxyl groups is 1. The average molecular weight is 270 g/mol. The molecule has 0 saturated carbocycles. The van der Waals surface area contributed by atoms with Gasteiger partial charge in [-0.1, -0.05) is 19.1 Å². The Morgan fingerprint density at radius 2 is 1.89 bits per heavy atom. The first-order valence-electron chi connectivity index (χ1n) is 5.89. The van der Waals surface area contributed by atoms with Gasteiger partial charge in [-0.05, 0) is 24.1 Å². The summed E-state index contributed by atoms with van der Waals surface area (Å²) in [5.74, 6) is -0.0485. The first kappa shape index (κ1) is 13.3. The SMILES string of the molecule is CCC1(O)CN(S(=O)(=O)Cc2ccc(N)cc2)C1. The van der Waals surface area contributed by atoms with Crippen LogP contribution in [-0.2, 0) is 15.8 Å². The third-order valence-electron chi connectivity index (χ3n) is 3.32. The van der Waals surface area contributed by atoms with E-state index in [-0.39, 0.29) is 18.8 Å². The Hall–Kier alpha value is -1.11. The van der Waals surface area contributed by atoms with Gasteiger partial charge in [-0.25, -0.2) is 8.42 Å². The summed E-state index contributed by atoms with van der Waals surface area (Å²) in [6.07, 6.45) is 0.570. The monoisotopic (exact) mass is 270 g/mol.